The zero-order chi connectivity index (χ0) is 29.0. The Balaban J connectivity index is 1.63. The second kappa shape index (κ2) is 9.91. The summed E-state index contributed by atoms with van der Waals surface area (Å²) < 4.78 is 83.2. The van der Waals surface area contributed by atoms with Crippen molar-refractivity contribution in [3.8, 4) is 0 Å². The van der Waals surface area contributed by atoms with Crippen LogP contribution in [0.2, 0.25) is 0 Å². The molecule has 13 heteroatoms. The van der Waals surface area contributed by atoms with Crippen LogP contribution < -0.4 is 4.72 Å². The molecule has 40 heavy (non-hydrogen) atoms. The van der Waals surface area contributed by atoms with E-state index in [1.165, 1.54) is 59.5 Å². The average Bonchev–Trinajstić information content (AvgIpc) is 3.29. The molecule has 0 aromatic heterocycles. The molecule has 0 radical (unpaired) electrons. The topological polar surface area (TPSA) is 133 Å². The molecule has 0 fully saturated rings. The minimum atomic E-state index is -4.37. The van der Waals surface area contributed by atoms with Gasteiger partial charge in [-0.3, -0.25) is 4.79 Å². The van der Waals surface area contributed by atoms with Gasteiger partial charge in [-0.25, -0.2) is 21.9 Å². The third-order valence-electron chi connectivity index (χ3n) is 6.65. The van der Waals surface area contributed by atoms with E-state index in [1.807, 2.05) is 0 Å². The Morgan fingerprint density at radius 3 is 2.42 bits per heavy atom. The van der Waals surface area contributed by atoms with Crippen molar-refractivity contribution in [1.29, 1.82) is 0 Å². The number of carbonyl (C=O) groups is 1. The zero-order valence-electron chi connectivity index (χ0n) is 21.2. The molecule has 5 rings (SSSR count). The van der Waals surface area contributed by atoms with Crippen molar-refractivity contribution in [2.24, 2.45) is 4.40 Å². The summed E-state index contributed by atoms with van der Waals surface area (Å²) >= 11 is 0. The Morgan fingerprint density at radius 2 is 1.77 bits per heavy atom. The van der Waals surface area contributed by atoms with Gasteiger partial charge in [-0.2, -0.15) is 12.8 Å². The van der Waals surface area contributed by atoms with Crippen LogP contribution in [0, 0.1) is 18.6 Å². The van der Waals surface area contributed by atoms with E-state index in [9.17, 15) is 35.5 Å². The molecule has 3 aromatic carbocycles. The fourth-order valence-electron chi connectivity index (χ4n) is 4.84. The van der Waals surface area contributed by atoms with Crippen molar-refractivity contribution >= 4 is 31.7 Å². The maximum absolute atomic E-state index is 13.9. The fourth-order valence-corrected chi connectivity index (χ4v) is 6.70. The minimum absolute atomic E-state index is 0.0278. The SMILES string of the molecule is Cc1cc(CN2C(=O)C(C3=NS(=O)(=O)c4c(CNS(C)(=O)=O)cccc43)=C(O)C2c2ccc(F)cc2)ccc1F. The summed E-state index contributed by atoms with van der Waals surface area (Å²) in [5.41, 5.74) is 0.737. The summed E-state index contributed by atoms with van der Waals surface area (Å²) in [6.07, 6.45) is 0.930. The molecule has 2 heterocycles. The van der Waals surface area contributed by atoms with Gasteiger partial charge in [0.2, 0.25) is 10.0 Å². The molecule has 3 aromatic rings. The van der Waals surface area contributed by atoms with Crippen molar-refractivity contribution < 1.29 is 35.5 Å². The maximum atomic E-state index is 13.9. The van der Waals surface area contributed by atoms with Crippen LogP contribution >= 0.6 is 0 Å². The maximum Gasteiger partial charge on any atom is 0.283 e. The molecular weight excluding hydrogens is 564 g/mol. The van der Waals surface area contributed by atoms with E-state index in [0.717, 1.165) is 6.26 Å². The Bertz CT molecular complexity index is 1840. The van der Waals surface area contributed by atoms with Crippen LogP contribution in [0.15, 0.2) is 81.3 Å². The Labute approximate surface area is 229 Å². The van der Waals surface area contributed by atoms with Crippen molar-refractivity contribution in [1.82, 2.24) is 9.62 Å². The monoisotopic (exact) mass is 587 g/mol. The zero-order valence-corrected chi connectivity index (χ0v) is 22.9. The van der Waals surface area contributed by atoms with E-state index in [0.29, 0.717) is 16.7 Å². The number of aliphatic hydroxyl groups is 1. The molecule has 0 bridgehead atoms. The molecule has 0 saturated heterocycles. The van der Waals surface area contributed by atoms with Gasteiger partial charge in [0, 0.05) is 18.7 Å². The molecule has 1 atom stereocenters. The summed E-state index contributed by atoms with van der Waals surface area (Å²) in [7, 11) is -8.02. The van der Waals surface area contributed by atoms with Crippen LogP contribution in [-0.2, 0) is 37.9 Å². The number of aliphatic hydroxyl groups excluding tert-OH is 1. The van der Waals surface area contributed by atoms with E-state index < -0.39 is 49.4 Å². The normalized spacial score (nSPS) is 18.3. The predicted molar refractivity (Wildman–Crippen MR) is 142 cm³/mol. The number of amides is 1. The third kappa shape index (κ3) is 5.03. The number of nitrogens with zero attached hydrogens (tertiary/aromatic N) is 2. The number of hydrogen-bond acceptors (Lipinski definition) is 6. The molecule has 0 saturated carbocycles. The number of aryl methyl sites for hydroxylation is 1. The van der Waals surface area contributed by atoms with Gasteiger partial charge < -0.3 is 10.0 Å². The van der Waals surface area contributed by atoms with Gasteiger partial charge in [-0.15, -0.1) is 0 Å². The first kappa shape index (κ1) is 27.6. The first-order chi connectivity index (χ1) is 18.8. The van der Waals surface area contributed by atoms with E-state index >= 15 is 0 Å². The standard InChI is InChI=1S/C27H23F2N3O6S2/c1-15-12-16(6-11-21(15)29)14-32-24(17-7-9-19(28)10-8-17)25(33)22(27(32)34)23-20-5-3-4-18(13-30-39(2,35)36)26(20)40(37,38)31-23/h3-12,24,30,33H,13-14H2,1-2H3. The summed E-state index contributed by atoms with van der Waals surface area (Å²) in [5.74, 6) is -2.20. The minimum Gasteiger partial charge on any atom is -0.509 e. The smallest absolute Gasteiger partial charge is 0.283 e. The van der Waals surface area contributed by atoms with Crippen molar-refractivity contribution in [2.75, 3.05) is 6.26 Å². The molecule has 208 valence electrons. The van der Waals surface area contributed by atoms with Gasteiger partial charge in [0.1, 0.15) is 39.6 Å². The summed E-state index contributed by atoms with van der Waals surface area (Å²) in [6.45, 7) is 1.15. The Kier molecular flexibility index (Phi) is 6.84. The lowest BCUT2D eigenvalue weighted by atomic mass is 9.98. The van der Waals surface area contributed by atoms with E-state index in [-0.39, 0.29) is 40.4 Å². The van der Waals surface area contributed by atoms with Crippen LogP contribution in [0.1, 0.15) is 33.9 Å². The highest BCUT2D eigenvalue weighted by molar-refractivity contribution is 7.91. The highest BCUT2D eigenvalue weighted by Gasteiger charge is 2.46. The first-order valence-corrected chi connectivity index (χ1v) is 15.3. The lowest BCUT2D eigenvalue weighted by molar-refractivity contribution is -0.127. The second-order valence-corrected chi connectivity index (χ2v) is 12.9. The molecule has 2 aliphatic heterocycles. The molecule has 0 spiro atoms. The van der Waals surface area contributed by atoms with Gasteiger partial charge in [-0.05, 0) is 47.4 Å². The van der Waals surface area contributed by atoms with E-state index in [4.69, 9.17) is 0 Å². The van der Waals surface area contributed by atoms with Crippen LogP contribution in [0.3, 0.4) is 0 Å². The molecule has 0 aliphatic carbocycles. The van der Waals surface area contributed by atoms with Crippen molar-refractivity contribution in [3.05, 3.63) is 111 Å². The first-order valence-electron chi connectivity index (χ1n) is 11.9. The van der Waals surface area contributed by atoms with Crippen LogP contribution in [-0.4, -0.2) is 44.7 Å². The van der Waals surface area contributed by atoms with Gasteiger partial charge in [-0.1, -0.05) is 42.5 Å². The molecule has 1 amide bonds. The van der Waals surface area contributed by atoms with E-state index in [1.54, 1.807) is 13.0 Å². The molecule has 1 unspecified atom stereocenters. The summed E-state index contributed by atoms with van der Waals surface area (Å²) in [5, 5.41) is 11.4. The molecule has 9 nitrogen and oxygen atoms in total. The summed E-state index contributed by atoms with van der Waals surface area (Å²) in [4.78, 5) is 14.9. The predicted octanol–water partition coefficient (Wildman–Crippen LogP) is 3.41. The molecular formula is C27H23F2N3O6S2. The number of carbonyl (C=O) groups excluding carboxylic acids is 1. The number of benzene rings is 3. The second-order valence-electron chi connectivity index (χ2n) is 9.53. The number of nitrogens with one attached hydrogen (secondary N) is 1. The Morgan fingerprint density at radius 1 is 1.07 bits per heavy atom. The number of hydrogen-bond donors (Lipinski definition) is 2. The highest BCUT2D eigenvalue weighted by atomic mass is 32.2. The quantitative estimate of drug-likeness (QED) is 0.435. The van der Waals surface area contributed by atoms with Crippen LogP contribution in [0.25, 0.3) is 0 Å². The van der Waals surface area contributed by atoms with Gasteiger partial charge in [0.05, 0.1) is 6.26 Å². The summed E-state index contributed by atoms with van der Waals surface area (Å²) in [6, 6.07) is 12.6. The molecule has 2 aliphatic rings. The van der Waals surface area contributed by atoms with E-state index in [2.05, 4.69) is 9.12 Å². The van der Waals surface area contributed by atoms with Crippen molar-refractivity contribution in [2.45, 2.75) is 31.0 Å². The fraction of sp³-hybridized carbons (Fsp3) is 0.185. The number of rotatable bonds is 7. The van der Waals surface area contributed by atoms with Crippen LogP contribution in [0.4, 0.5) is 8.78 Å². The van der Waals surface area contributed by atoms with Gasteiger partial charge >= 0.3 is 0 Å². The van der Waals surface area contributed by atoms with Crippen LogP contribution in [0.5, 0.6) is 0 Å². The number of halogens is 2. The Hall–Kier alpha value is -3.94. The van der Waals surface area contributed by atoms with Gasteiger partial charge in [0.15, 0.2) is 0 Å². The lowest BCUT2D eigenvalue weighted by Gasteiger charge is -2.26. The highest BCUT2D eigenvalue weighted by Crippen LogP contribution is 2.42. The number of fused-ring (bicyclic) bond motifs is 1. The average molecular weight is 588 g/mol. The number of sulfonamides is 2. The largest absolute Gasteiger partial charge is 0.509 e. The third-order valence-corrected chi connectivity index (χ3v) is 8.73. The van der Waals surface area contributed by atoms with Gasteiger partial charge in [0.25, 0.3) is 15.9 Å². The lowest BCUT2D eigenvalue weighted by Crippen LogP contribution is -2.31. The van der Waals surface area contributed by atoms with Crippen molar-refractivity contribution in [3.63, 3.8) is 0 Å². The molecule has 2 N–H and O–H groups in total.